The van der Waals surface area contributed by atoms with Gasteiger partial charge >= 0.3 is 49.4 Å². The third kappa shape index (κ3) is 17.1. The van der Waals surface area contributed by atoms with Crippen molar-refractivity contribution in [3.8, 4) is 0 Å². The first kappa shape index (κ1) is 75.1. The maximum Gasteiger partial charge on any atom is 0.416 e. The Morgan fingerprint density at radius 1 is 0.362 bits per heavy atom. The monoisotopic (exact) mass is 1450 g/mol. The number of anilines is 1. The summed E-state index contributed by atoms with van der Waals surface area (Å²) in [5.41, 5.74) is -22.7. The third-order valence-corrected chi connectivity index (χ3v) is 14.9. The molecule has 509 valence electrons. The Hall–Kier alpha value is -7.98. The number of aromatic nitrogens is 6. The topological polar surface area (TPSA) is 79.5 Å². The van der Waals surface area contributed by atoms with E-state index in [1.54, 1.807) is 18.6 Å². The van der Waals surface area contributed by atoms with Crippen molar-refractivity contribution >= 4 is 33.7 Å². The average Bonchev–Trinajstić information content (AvgIpc) is 1.09. The molecule has 0 aliphatic heterocycles. The molecule has 2 aliphatic carbocycles. The number of unbranched alkanes of at least 4 members (excludes halogenated alkanes) is 3. The van der Waals surface area contributed by atoms with Gasteiger partial charge in [0, 0.05) is 67.9 Å². The second-order valence-electron chi connectivity index (χ2n) is 21.4. The van der Waals surface area contributed by atoms with Gasteiger partial charge in [-0.25, -0.2) is 14.0 Å². The summed E-state index contributed by atoms with van der Waals surface area (Å²) in [6.45, 7) is 4.46. The molecular weight excluding hydrogens is 1400 g/mol. The van der Waals surface area contributed by atoms with Gasteiger partial charge in [0.2, 0.25) is 0 Å². The van der Waals surface area contributed by atoms with Crippen molar-refractivity contribution in [2.24, 2.45) is 11.8 Å². The molecule has 10 rings (SSSR count). The van der Waals surface area contributed by atoms with E-state index in [-0.39, 0.29) is 19.5 Å². The van der Waals surface area contributed by atoms with Gasteiger partial charge in [-0.15, -0.1) is 0 Å². The zero-order valence-electron chi connectivity index (χ0n) is 48.2. The molecule has 3 heterocycles. The molecule has 0 atom stereocenters. The van der Waals surface area contributed by atoms with Crippen LogP contribution in [0.4, 0.5) is 111 Å². The van der Waals surface area contributed by atoms with Crippen molar-refractivity contribution in [1.82, 2.24) is 29.3 Å². The van der Waals surface area contributed by atoms with Crippen molar-refractivity contribution in [2.75, 3.05) is 5.73 Å². The van der Waals surface area contributed by atoms with Gasteiger partial charge in [-0.2, -0.15) is 143 Å². The number of nitrogens with two attached hydrogens (primary N) is 1. The summed E-state index contributed by atoms with van der Waals surface area (Å²) < 4.78 is 346. The number of hydrogen-bond acceptors (Lipinski definition) is 4. The Morgan fingerprint density at radius 2 is 0.585 bits per heavy atom. The number of nitrogens with zero attached hydrogens (tertiary/aromatic N) is 6. The molecule has 0 spiro atoms. The molecule has 0 unspecified atom stereocenters. The van der Waals surface area contributed by atoms with Crippen molar-refractivity contribution in [1.29, 1.82) is 0 Å². The summed E-state index contributed by atoms with van der Waals surface area (Å²) >= 11 is 0. The fourth-order valence-electron chi connectivity index (χ4n) is 10.7. The van der Waals surface area contributed by atoms with Crippen LogP contribution in [0.5, 0.6) is 0 Å². The second-order valence-corrected chi connectivity index (χ2v) is 21.4. The quantitative estimate of drug-likeness (QED) is 0.0460. The number of halogens is 24. The summed E-state index contributed by atoms with van der Waals surface area (Å²) in [6.07, 6.45) is -27.9. The summed E-state index contributed by atoms with van der Waals surface area (Å²) in [7, 11) is 0. The van der Waals surface area contributed by atoms with Crippen LogP contribution in [0.2, 0.25) is 0 Å². The number of rotatable bonds is 11. The van der Waals surface area contributed by atoms with Gasteiger partial charge in [-0.05, 0) is 72.9 Å². The first-order valence-corrected chi connectivity index (χ1v) is 27.5. The smallest absolute Gasteiger partial charge is 0.399 e. The van der Waals surface area contributed by atoms with Crippen LogP contribution < -0.4 is 27.6 Å². The summed E-state index contributed by atoms with van der Waals surface area (Å²) in [6, 6.07) is 4.45. The van der Waals surface area contributed by atoms with Crippen LogP contribution in [-0.4, -0.2) is 35.5 Å². The number of fused-ring (bicyclic) bond motifs is 2. The molecule has 8 aromatic rings. The second kappa shape index (κ2) is 28.1. The van der Waals surface area contributed by atoms with E-state index >= 15 is 0 Å². The minimum Gasteiger partial charge on any atom is -0.399 e. The molecule has 2 bridgehead atoms. The van der Waals surface area contributed by atoms with Gasteiger partial charge in [0.05, 0.1) is 44.5 Å². The molecule has 94 heavy (non-hydrogen) atoms. The van der Waals surface area contributed by atoms with Crippen molar-refractivity contribution in [3.63, 3.8) is 0 Å². The molecule has 5 aromatic carbocycles. The fraction of sp³-hybridized carbons (Fsp3) is 0.295. The molecule has 0 fully saturated rings. The number of hydrogen-bond donors (Lipinski definition) is 1. The van der Waals surface area contributed by atoms with E-state index in [1.165, 1.54) is 32.1 Å². The largest absolute Gasteiger partial charge is 0.416 e. The van der Waals surface area contributed by atoms with E-state index in [0.29, 0.717) is 5.69 Å². The Bertz CT molecular complexity index is 3290. The first-order chi connectivity index (χ1) is 42.9. The van der Waals surface area contributed by atoms with Gasteiger partial charge in [0.25, 0.3) is 5.79 Å². The number of alkyl halides is 24. The Balaban J connectivity index is 0.000000302. The molecule has 33 heteroatoms. The van der Waals surface area contributed by atoms with Crippen LogP contribution in [0.3, 0.4) is 0 Å². The zero-order valence-corrected chi connectivity index (χ0v) is 49.8. The Morgan fingerprint density at radius 3 is 0.745 bits per heavy atom. The van der Waals surface area contributed by atoms with Gasteiger partial charge < -0.3 is 5.73 Å². The third-order valence-electron chi connectivity index (χ3n) is 14.9. The molecule has 0 amide bonds. The van der Waals surface area contributed by atoms with Crippen molar-refractivity contribution in [3.05, 3.63) is 227 Å². The zero-order chi connectivity index (χ0) is 69.1. The molecular formula is C61H49BF24N7Rh-. The summed E-state index contributed by atoms with van der Waals surface area (Å²) in [4.78, 5) is 0. The minimum absolute atomic E-state index is 0. The van der Waals surface area contributed by atoms with Crippen LogP contribution in [0.1, 0.15) is 96.0 Å². The maximum absolute atomic E-state index is 14.2. The molecule has 2 N–H and O–H groups in total. The van der Waals surface area contributed by atoms with E-state index in [9.17, 15) is 105 Å². The average molecular weight is 1450 g/mol. The Labute approximate surface area is 531 Å². The number of benzene rings is 5. The predicted molar refractivity (Wildman–Crippen MR) is 295 cm³/mol. The summed E-state index contributed by atoms with van der Waals surface area (Å²) in [5.74, 6) is 0.736. The van der Waals surface area contributed by atoms with E-state index in [4.69, 9.17) is 5.73 Å². The van der Waals surface area contributed by atoms with E-state index in [0.717, 1.165) is 17.4 Å². The number of allylic oxidation sites excluding steroid dienone is 4. The van der Waals surface area contributed by atoms with Crippen LogP contribution in [0, 0.1) is 11.8 Å². The Kier molecular flexibility index (Phi) is 22.5. The van der Waals surface area contributed by atoms with E-state index < -0.39 is 200 Å². The predicted octanol–water partition coefficient (Wildman–Crippen LogP) is 17.2. The van der Waals surface area contributed by atoms with Gasteiger partial charge in [0.1, 0.15) is 6.15 Å². The van der Waals surface area contributed by atoms with Gasteiger partial charge in [-0.3, -0.25) is 0 Å². The van der Waals surface area contributed by atoms with Gasteiger partial charge in [0.15, 0.2) is 0 Å². The molecule has 0 saturated carbocycles. The van der Waals surface area contributed by atoms with Crippen molar-refractivity contribution < 1.29 is 125 Å². The minimum atomic E-state index is -6.13. The van der Waals surface area contributed by atoms with E-state index in [1.807, 2.05) is 75.1 Å². The standard InChI is InChI=1S/C32H12BF24.C16H15N7.C7H8.C6H14.Rh/c34-25(35,36)13-1-14(26(37,38)39)6-21(5-13)33(22-7-15(27(40,41)42)2-16(8-22)28(43,44)45,23-9-17(29(46,47)48)3-18(10-23)30(49,50)51)24-11-19(31(52,53)54)4-20(12-24)32(55,56)57;17-15-6-4-14(5-7-15)16(21-11-1-8-18-21,22-12-2-9-19-22)23-13-3-10-20-23;1-2-7-4-3-6(1)5-7;1-3-5-6-4-2;/h1-12H;1-13H,17H2;1-4,6-7H,5H2;3-6H2,1-2H3;/q-1;;;;. The normalized spacial score (nSPS) is 15.3. The first-order valence-electron chi connectivity index (χ1n) is 27.5. The molecule has 2 aliphatic rings. The molecule has 7 nitrogen and oxygen atoms in total. The fourth-order valence-corrected chi connectivity index (χ4v) is 10.7. The molecule has 1 radical (unpaired) electrons. The summed E-state index contributed by atoms with van der Waals surface area (Å²) in [5, 5.41) is 13.4. The van der Waals surface area contributed by atoms with Gasteiger partial charge in [-0.1, -0.05) is 124 Å². The van der Waals surface area contributed by atoms with Crippen LogP contribution in [0.25, 0.3) is 0 Å². The number of nitrogen functional groups attached to an aromatic ring is 1. The van der Waals surface area contributed by atoms with Crippen LogP contribution in [-0.2, 0) is 74.7 Å². The molecule has 3 aromatic heterocycles. The van der Waals surface area contributed by atoms with E-state index in [2.05, 4.69) is 53.4 Å². The van der Waals surface area contributed by atoms with Crippen LogP contribution in [0.15, 0.2) is 177 Å². The molecule has 0 saturated heterocycles. The SMILES string of the molecule is C1=CC2C=CC1C2.CCCCCC.FC(F)(F)c1cc([B-](c2cc(C(F)(F)F)cc(C(F)(F)F)c2)(c2cc(C(F)(F)F)cc(C(F)(F)F)c2)c2cc(C(F)(F)F)cc(C(F)(F)F)c2)cc(C(F)(F)F)c1.Nc1ccc(C(n2cccn2)(n2cccn2)n2cccn2)cc1.[Rh]. The maximum atomic E-state index is 14.2. The van der Waals surface area contributed by atoms with Crippen LogP contribution >= 0.6 is 0 Å². The van der Waals surface area contributed by atoms with Crippen molar-refractivity contribution in [2.45, 2.75) is 101 Å².